The van der Waals surface area contributed by atoms with Crippen LogP contribution in [-0.2, 0) is 4.74 Å². The SMILES string of the molecule is CNC(CCC1CCCO1)c1cc(Cl)c(OC)cc1Cl. The predicted molar refractivity (Wildman–Crippen MR) is 83.0 cm³/mol. The molecule has 5 heteroatoms. The second-order valence-corrected chi connectivity index (χ2v) is 5.88. The monoisotopic (exact) mass is 317 g/mol. The zero-order chi connectivity index (χ0) is 14.5. The molecule has 0 bridgehead atoms. The Balaban J connectivity index is 2.07. The van der Waals surface area contributed by atoms with Crippen molar-refractivity contribution in [2.45, 2.75) is 37.8 Å². The molecule has 1 saturated heterocycles. The first-order valence-electron chi connectivity index (χ1n) is 6.97. The van der Waals surface area contributed by atoms with Gasteiger partial charge in [0.25, 0.3) is 0 Å². The minimum atomic E-state index is 0.176. The highest BCUT2D eigenvalue weighted by molar-refractivity contribution is 6.34. The topological polar surface area (TPSA) is 30.5 Å². The number of hydrogen-bond acceptors (Lipinski definition) is 3. The molecule has 0 spiro atoms. The summed E-state index contributed by atoms with van der Waals surface area (Å²) in [5.41, 5.74) is 1.01. The van der Waals surface area contributed by atoms with Gasteiger partial charge in [0.2, 0.25) is 0 Å². The molecule has 0 aromatic heterocycles. The maximum absolute atomic E-state index is 6.34. The van der Waals surface area contributed by atoms with E-state index in [0.717, 1.165) is 31.4 Å². The van der Waals surface area contributed by atoms with Gasteiger partial charge in [-0.15, -0.1) is 0 Å². The molecule has 2 unspecified atom stereocenters. The maximum Gasteiger partial charge on any atom is 0.138 e. The molecular formula is C15H21Cl2NO2. The van der Waals surface area contributed by atoms with Crippen molar-refractivity contribution in [3.63, 3.8) is 0 Å². The van der Waals surface area contributed by atoms with Crippen LogP contribution >= 0.6 is 23.2 Å². The summed E-state index contributed by atoms with van der Waals surface area (Å²) in [6, 6.07) is 3.84. The minimum Gasteiger partial charge on any atom is -0.495 e. The average Bonchev–Trinajstić information content (AvgIpc) is 2.96. The fourth-order valence-electron chi connectivity index (χ4n) is 2.65. The average molecular weight is 318 g/mol. The van der Waals surface area contributed by atoms with Gasteiger partial charge in [0.05, 0.1) is 18.2 Å². The molecule has 0 radical (unpaired) electrons. The zero-order valence-corrected chi connectivity index (χ0v) is 13.4. The van der Waals surface area contributed by atoms with E-state index in [9.17, 15) is 0 Å². The lowest BCUT2D eigenvalue weighted by molar-refractivity contribution is 0.0998. The number of nitrogens with one attached hydrogen (secondary N) is 1. The van der Waals surface area contributed by atoms with Crippen LogP contribution in [0.4, 0.5) is 0 Å². The van der Waals surface area contributed by atoms with Crippen molar-refractivity contribution < 1.29 is 9.47 Å². The van der Waals surface area contributed by atoms with E-state index in [1.165, 1.54) is 6.42 Å². The number of rotatable bonds is 6. The second kappa shape index (κ2) is 7.51. The third-order valence-corrected chi connectivity index (χ3v) is 4.42. The predicted octanol–water partition coefficient (Wildman–Crippen LogP) is 4.22. The number of ether oxygens (including phenoxy) is 2. The van der Waals surface area contributed by atoms with Crippen LogP contribution in [0.3, 0.4) is 0 Å². The van der Waals surface area contributed by atoms with Crippen molar-refractivity contribution in [1.29, 1.82) is 0 Å². The summed E-state index contributed by atoms with van der Waals surface area (Å²) in [5.74, 6) is 0.606. The fourth-order valence-corrected chi connectivity index (χ4v) is 3.18. The highest BCUT2D eigenvalue weighted by Gasteiger charge is 2.20. The first kappa shape index (κ1) is 15.9. The summed E-state index contributed by atoms with van der Waals surface area (Å²) in [4.78, 5) is 0. The van der Waals surface area contributed by atoms with Gasteiger partial charge in [-0.2, -0.15) is 0 Å². The summed E-state index contributed by atoms with van der Waals surface area (Å²) in [5, 5.41) is 4.57. The Kier molecular flexibility index (Phi) is 5.97. The summed E-state index contributed by atoms with van der Waals surface area (Å²) >= 11 is 12.5. The number of benzene rings is 1. The quantitative estimate of drug-likeness (QED) is 0.852. The smallest absolute Gasteiger partial charge is 0.138 e. The third kappa shape index (κ3) is 3.79. The van der Waals surface area contributed by atoms with Crippen LogP contribution in [0.2, 0.25) is 10.0 Å². The van der Waals surface area contributed by atoms with E-state index in [4.69, 9.17) is 32.7 Å². The lowest BCUT2D eigenvalue weighted by atomic mass is 9.99. The van der Waals surface area contributed by atoms with Gasteiger partial charge in [0.1, 0.15) is 5.75 Å². The van der Waals surface area contributed by atoms with Crippen molar-refractivity contribution in [1.82, 2.24) is 5.32 Å². The van der Waals surface area contributed by atoms with Crippen LogP contribution in [0.15, 0.2) is 12.1 Å². The van der Waals surface area contributed by atoms with Crippen molar-refractivity contribution >= 4 is 23.2 Å². The van der Waals surface area contributed by atoms with Gasteiger partial charge in [-0.05, 0) is 44.4 Å². The van der Waals surface area contributed by atoms with Crippen LogP contribution in [0, 0.1) is 0 Å². The Morgan fingerprint density at radius 3 is 2.80 bits per heavy atom. The maximum atomic E-state index is 6.34. The molecule has 2 atom stereocenters. The molecule has 0 aliphatic carbocycles. The lowest BCUT2D eigenvalue weighted by Crippen LogP contribution is -2.19. The molecule has 1 aliphatic rings. The van der Waals surface area contributed by atoms with E-state index in [-0.39, 0.29) is 6.04 Å². The Morgan fingerprint density at radius 2 is 2.20 bits per heavy atom. The molecule has 112 valence electrons. The van der Waals surface area contributed by atoms with E-state index in [1.54, 1.807) is 13.2 Å². The lowest BCUT2D eigenvalue weighted by Gasteiger charge is -2.20. The van der Waals surface area contributed by atoms with Gasteiger partial charge in [-0.25, -0.2) is 0 Å². The molecule has 1 fully saturated rings. The molecule has 3 nitrogen and oxygen atoms in total. The molecule has 0 saturated carbocycles. The molecule has 20 heavy (non-hydrogen) atoms. The fraction of sp³-hybridized carbons (Fsp3) is 0.600. The van der Waals surface area contributed by atoms with Gasteiger partial charge in [0.15, 0.2) is 0 Å². The summed E-state index contributed by atoms with van der Waals surface area (Å²) < 4.78 is 10.8. The number of halogens is 2. The first-order valence-corrected chi connectivity index (χ1v) is 7.73. The van der Waals surface area contributed by atoms with Crippen molar-refractivity contribution in [3.05, 3.63) is 27.7 Å². The Hall–Kier alpha value is -0.480. The standard InChI is InChI=1S/C15H21Cl2NO2/c1-18-14(6-5-10-4-3-7-20-10)11-8-13(17)15(19-2)9-12(11)16/h8-10,14,18H,3-7H2,1-2H3. The minimum absolute atomic E-state index is 0.176. The molecular weight excluding hydrogens is 297 g/mol. The molecule has 1 aromatic carbocycles. The van der Waals surface area contributed by atoms with Crippen molar-refractivity contribution in [3.8, 4) is 5.75 Å². The third-order valence-electron chi connectivity index (χ3n) is 3.80. The number of hydrogen-bond donors (Lipinski definition) is 1. The molecule has 2 rings (SSSR count). The van der Waals surface area contributed by atoms with Gasteiger partial charge in [-0.1, -0.05) is 23.2 Å². The van der Waals surface area contributed by atoms with E-state index in [0.29, 0.717) is 21.9 Å². The van der Waals surface area contributed by atoms with E-state index in [2.05, 4.69) is 5.32 Å². The van der Waals surface area contributed by atoms with Crippen molar-refractivity contribution in [2.75, 3.05) is 20.8 Å². The van der Waals surface area contributed by atoms with Crippen LogP contribution in [0.1, 0.15) is 37.3 Å². The Labute approximate surface area is 130 Å². The van der Waals surface area contributed by atoms with E-state index in [1.807, 2.05) is 13.1 Å². The largest absolute Gasteiger partial charge is 0.495 e. The zero-order valence-electron chi connectivity index (χ0n) is 11.9. The van der Waals surface area contributed by atoms with Gasteiger partial charge in [-0.3, -0.25) is 0 Å². The molecule has 1 aromatic rings. The summed E-state index contributed by atoms with van der Waals surface area (Å²) in [7, 11) is 3.53. The number of methoxy groups -OCH3 is 1. The second-order valence-electron chi connectivity index (χ2n) is 5.06. The van der Waals surface area contributed by atoms with Crippen LogP contribution in [-0.4, -0.2) is 26.9 Å². The molecule has 1 heterocycles. The normalized spacial score (nSPS) is 20.1. The Morgan fingerprint density at radius 1 is 1.40 bits per heavy atom. The van der Waals surface area contributed by atoms with E-state index < -0.39 is 0 Å². The van der Waals surface area contributed by atoms with Gasteiger partial charge >= 0.3 is 0 Å². The molecule has 1 aliphatic heterocycles. The van der Waals surface area contributed by atoms with Gasteiger partial charge in [0, 0.05) is 23.7 Å². The molecule has 1 N–H and O–H groups in total. The van der Waals surface area contributed by atoms with Gasteiger partial charge < -0.3 is 14.8 Å². The van der Waals surface area contributed by atoms with Crippen LogP contribution in [0.5, 0.6) is 5.75 Å². The molecule has 0 amide bonds. The van der Waals surface area contributed by atoms with Crippen molar-refractivity contribution in [2.24, 2.45) is 0 Å². The highest BCUT2D eigenvalue weighted by atomic mass is 35.5. The summed E-state index contributed by atoms with van der Waals surface area (Å²) in [6.07, 6.45) is 4.73. The van der Waals surface area contributed by atoms with E-state index >= 15 is 0 Å². The highest BCUT2D eigenvalue weighted by Crippen LogP contribution is 2.35. The van der Waals surface area contributed by atoms with Crippen LogP contribution in [0.25, 0.3) is 0 Å². The summed E-state index contributed by atoms with van der Waals surface area (Å²) in [6.45, 7) is 0.893. The Bertz CT molecular complexity index is 448. The first-order chi connectivity index (χ1) is 9.65. The van der Waals surface area contributed by atoms with Crippen LogP contribution < -0.4 is 10.1 Å².